The Balaban J connectivity index is 2.02. The third-order valence-corrected chi connectivity index (χ3v) is 6.16. The summed E-state index contributed by atoms with van der Waals surface area (Å²) in [6.45, 7) is 10.6. The number of aryl methyl sites for hydroxylation is 1. The number of aromatic nitrogens is 1. The Morgan fingerprint density at radius 2 is 1.84 bits per heavy atom. The molecular weight excluding hydrogens is 404 g/mol. The number of rotatable bonds is 13. The number of ether oxygens (including phenoxy) is 1. The van der Waals surface area contributed by atoms with Gasteiger partial charge >= 0.3 is 6.09 Å². The van der Waals surface area contributed by atoms with Crippen LogP contribution in [0.3, 0.4) is 0 Å². The fraction of sp³-hybridized carbons (Fsp3) is 0.577. The molecule has 0 saturated heterocycles. The zero-order chi connectivity index (χ0) is 23.5. The van der Waals surface area contributed by atoms with Crippen LogP contribution < -0.4 is 5.32 Å². The summed E-state index contributed by atoms with van der Waals surface area (Å²) in [4.78, 5) is 28.6. The third-order valence-electron chi connectivity index (χ3n) is 6.16. The van der Waals surface area contributed by atoms with Gasteiger partial charge in [0.2, 0.25) is 0 Å². The summed E-state index contributed by atoms with van der Waals surface area (Å²) in [6, 6.07) is 9.57. The molecule has 0 aliphatic heterocycles. The number of benzene rings is 1. The maximum absolute atomic E-state index is 12.3. The van der Waals surface area contributed by atoms with Crippen molar-refractivity contribution in [1.29, 1.82) is 0 Å². The van der Waals surface area contributed by atoms with Crippen LogP contribution in [0.2, 0.25) is 0 Å². The molecule has 6 nitrogen and oxygen atoms in total. The van der Waals surface area contributed by atoms with E-state index in [1.165, 1.54) is 19.8 Å². The molecule has 0 aliphatic rings. The van der Waals surface area contributed by atoms with Gasteiger partial charge in [-0.25, -0.2) is 9.78 Å². The van der Waals surface area contributed by atoms with Crippen molar-refractivity contribution in [2.45, 2.75) is 79.2 Å². The zero-order valence-corrected chi connectivity index (χ0v) is 20.1. The van der Waals surface area contributed by atoms with E-state index < -0.39 is 6.09 Å². The van der Waals surface area contributed by atoms with E-state index in [1.807, 2.05) is 30.3 Å². The molecule has 1 heterocycles. The van der Waals surface area contributed by atoms with E-state index in [0.29, 0.717) is 35.7 Å². The van der Waals surface area contributed by atoms with Gasteiger partial charge in [-0.3, -0.25) is 4.79 Å². The lowest BCUT2D eigenvalue weighted by Gasteiger charge is -2.24. The number of carbonyl (C=O) groups is 2. The molecule has 32 heavy (non-hydrogen) atoms. The first-order chi connectivity index (χ1) is 15.3. The molecule has 1 aromatic heterocycles. The van der Waals surface area contributed by atoms with Gasteiger partial charge in [-0.1, -0.05) is 70.4 Å². The second kappa shape index (κ2) is 13.0. The van der Waals surface area contributed by atoms with Crippen molar-refractivity contribution in [3.8, 4) is 0 Å². The SMILES string of the molecule is CCC[C@H](CC)[C@@H](C)CC[C@H](CNC(=O)OCc1ccccc1)c1nc(C(C)=O)c(C)o1. The lowest BCUT2D eigenvalue weighted by Crippen LogP contribution is -2.29. The van der Waals surface area contributed by atoms with Gasteiger partial charge in [-0.05, 0) is 37.2 Å². The van der Waals surface area contributed by atoms with Crippen molar-refractivity contribution in [3.63, 3.8) is 0 Å². The van der Waals surface area contributed by atoms with Gasteiger partial charge in [0.25, 0.3) is 0 Å². The smallest absolute Gasteiger partial charge is 0.407 e. The molecule has 3 atom stereocenters. The molecule has 1 N–H and O–H groups in total. The summed E-state index contributed by atoms with van der Waals surface area (Å²) in [5.41, 5.74) is 1.30. The van der Waals surface area contributed by atoms with E-state index in [-0.39, 0.29) is 18.3 Å². The van der Waals surface area contributed by atoms with E-state index in [9.17, 15) is 9.59 Å². The number of oxazole rings is 1. The fourth-order valence-electron chi connectivity index (χ4n) is 4.17. The van der Waals surface area contributed by atoms with Crippen LogP contribution in [-0.4, -0.2) is 23.4 Å². The van der Waals surface area contributed by atoms with Crippen molar-refractivity contribution in [3.05, 3.63) is 53.2 Å². The van der Waals surface area contributed by atoms with Gasteiger partial charge < -0.3 is 14.5 Å². The van der Waals surface area contributed by atoms with Crippen molar-refractivity contribution >= 4 is 11.9 Å². The highest BCUT2D eigenvalue weighted by atomic mass is 16.5. The van der Waals surface area contributed by atoms with Crippen LogP contribution in [-0.2, 0) is 11.3 Å². The predicted molar refractivity (Wildman–Crippen MR) is 126 cm³/mol. The van der Waals surface area contributed by atoms with E-state index in [2.05, 4.69) is 31.1 Å². The summed E-state index contributed by atoms with van der Waals surface area (Å²) in [5.74, 6) is 2.04. The summed E-state index contributed by atoms with van der Waals surface area (Å²) >= 11 is 0. The normalized spacial score (nSPS) is 13.9. The second-order valence-electron chi connectivity index (χ2n) is 8.66. The van der Waals surface area contributed by atoms with Crippen LogP contribution in [0, 0.1) is 18.8 Å². The second-order valence-corrected chi connectivity index (χ2v) is 8.66. The van der Waals surface area contributed by atoms with E-state index in [0.717, 1.165) is 24.8 Å². The number of hydrogen-bond donors (Lipinski definition) is 1. The highest BCUT2D eigenvalue weighted by molar-refractivity contribution is 5.92. The quantitative estimate of drug-likeness (QED) is 0.361. The number of hydrogen-bond acceptors (Lipinski definition) is 5. The average molecular weight is 443 g/mol. The van der Waals surface area contributed by atoms with Crippen molar-refractivity contribution < 1.29 is 18.7 Å². The van der Waals surface area contributed by atoms with Crippen LogP contribution in [0.15, 0.2) is 34.7 Å². The molecule has 2 aromatic rings. The van der Waals surface area contributed by atoms with Crippen molar-refractivity contribution in [1.82, 2.24) is 10.3 Å². The maximum atomic E-state index is 12.3. The van der Waals surface area contributed by atoms with Crippen LogP contribution in [0.5, 0.6) is 0 Å². The minimum atomic E-state index is -0.473. The number of Topliss-reactive ketones (excluding diaryl/α,β-unsaturated/α-hetero) is 1. The summed E-state index contributed by atoms with van der Waals surface area (Å²) in [5, 5.41) is 2.86. The molecule has 0 radical (unpaired) electrons. The molecule has 1 aromatic carbocycles. The van der Waals surface area contributed by atoms with Crippen LogP contribution in [0.4, 0.5) is 4.79 Å². The standard InChI is InChI=1S/C26H38N2O4/c1-6-11-22(7-2)18(3)14-15-23(25-28-24(19(4)29)20(5)32-25)16-27-26(30)31-17-21-12-9-8-10-13-21/h8-10,12-13,18,22-23H,6-7,11,14-17H2,1-5H3,(H,27,30)/t18-,22-,23+/m0/s1. The van der Waals surface area contributed by atoms with E-state index in [1.54, 1.807) is 6.92 Å². The molecule has 176 valence electrons. The minimum absolute atomic E-state index is 0.117. The number of nitrogens with one attached hydrogen (secondary N) is 1. The number of amides is 1. The molecule has 0 unspecified atom stereocenters. The molecule has 0 saturated carbocycles. The lowest BCUT2D eigenvalue weighted by molar-refractivity contribution is 0.101. The molecule has 0 bridgehead atoms. The predicted octanol–water partition coefficient (Wildman–Crippen LogP) is 6.44. The van der Waals surface area contributed by atoms with Gasteiger partial charge in [0, 0.05) is 13.5 Å². The number of alkyl carbamates (subject to hydrolysis) is 1. The lowest BCUT2D eigenvalue weighted by atomic mass is 9.83. The zero-order valence-electron chi connectivity index (χ0n) is 20.1. The third kappa shape index (κ3) is 7.81. The highest BCUT2D eigenvalue weighted by Gasteiger charge is 2.24. The molecule has 0 spiro atoms. The minimum Gasteiger partial charge on any atom is -0.445 e. The van der Waals surface area contributed by atoms with Gasteiger partial charge in [0.05, 0.1) is 5.92 Å². The molecule has 2 rings (SSSR count). The Morgan fingerprint density at radius 3 is 2.44 bits per heavy atom. The Bertz CT molecular complexity index is 847. The molecule has 1 amide bonds. The summed E-state index contributed by atoms with van der Waals surface area (Å²) in [6.07, 6.45) is 4.91. The van der Waals surface area contributed by atoms with Crippen LogP contribution in [0.25, 0.3) is 0 Å². The van der Waals surface area contributed by atoms with Crippen molar-refractivity contribution in [2.75, 3.05) is 6.54 Å². The summed E-state index contributed by atoms with van der Waals surface area (Å²) in [7, 11) is 0. The molecule has 6 heteroatoms. The van der Waals surface area contributed by atoms with Gasteiger partial charge in [0.15, 0.2) is 11.7 Å². The summed E-state index contributed by atoms with van der Waals surface area (Å²) < 4.78 is 11.2. The Labute approximate surface area is 192 Å². The monoisotopic (exact) mass is 442 g/mol. The molecule has 0 fully saturated rings. The number of nitrogens with zero attached hydrogens (tertiary/aromatic N) is 1. The average Bonchev–Trinajstić information content (AvgIpc) is 3.18. The van der Waals surface area contributed by atoms with E-state index >= 15 is 0 Å². The Kier molecular flexibility index (Phi) is 10.4. The Hall–Kier alpha value is -2.63. The highest BCUT2D eigenvalue weighted by Crippen LogP contribution is 2.30. The number of carbonyl (C=O) groups excluding carboxylic acids is 2. The van der Waals surface area contributed by atoms with Gasteiger partial charge in [0.1, 0.15) is 18.1 Å². The first-order valence-corrected chi connectivity index (χ1v) is 11.8. The van der Waals surface area contributed by atoms with Gasteiger partial charge in [-0.15, -0.1) is 0 Å². The van der Waals surface area contributed by atoms with Crippen LogP contribution >= 0.6 is 0 Å². The molecular formula is C26H38N2O4. The Morgan fingerprint density at radius 1 is 1.12 bits per heavy atom. The van der Waals surface area contributed by atoms with Gasteiger partial charge in [-0.2, -0.15) is 0 Å². The van der Waals surface area contributed by atoms with Crippen LogP contribution in [0.1, 0.15) is 93.4 Å². The first-order valence-electron chi connectivity index (χ1n) is 11.8. The first kappa shape index (κ1) is 25.6. The largest absolute Gasteiger partial charge is 0.445 e. The number of ketones is 1. The molecule has 0 aliphatic carbocycles. The van der Waals surface area contributed by atoms with E-state index in [4.69, 9.17) is 9.15 Å². The fourth-order valence-corrected chi connectivity index (χ4v) is 4.17. The topological polar surface area (TPSA) is 81.4 Å². The van der Waals surface area contributed by atoms with Crippen molar-refractivity contribution in [2.24, 2.45) is 11.8 Å². The maximum Gasteiger partial charge on any atom is 0.407 e.